The largest absolute Gasteiger partial charge is 0.456 e. The Morgan fingerprint density at radius 1 is 0.875 bits per heavy atom. The van der Waals surface area contributed by atoms with Crippen molar-refractivity contribution in [3.63, 3.8) is 0 Å². The smallest absolute Gasteiger partial charge is 0.417 e. The molecule has 3 aromatic carbocycles. The van der Waals surface area contributed by atoms with Gasteiger partial charge in [-0.2, -0.15) is 13.2 Å². The second kappa shape index (κ2) is 10.8. The van der Waals surface area contributed by atoms with Crippen molar-refractivity contribution in [3.05, 3.63) is 96.3 Å². The molecule has 0 aliphatic carbocycles. The molecule has 0 spiro atoms. The van der Waals surface area contributed by atoms with Gasteiger partial charge in [0.15, 0.2) is 0 Å². The van der Waals surface area contributed by atoms with Crippen LogP contribution in [0.15, 0.2) is 85.1 Å². The third kappa shape index (κ3) is 5.85. The van der Waals surface area contributed by atoms with Crippen LogP contribution < -0.4 is 20.7 Å². The summed E-state index contributed by atoms with van der Waals surface area (Å²) in [6.45, 7) is 0. The van der Waals surface area contributed by atoms with Crippen LogP contribution in [-0.2, 0) is 6.18 Å². The number of imidazole rings is 1. The second-order valence-corrected chi connectivity index (χ2v) is 8.52. The Labute approximate surface area is 225 Å². The third-order valence-electron chi connectivity index (χ3n) is 5.77. The number of hydrogen-bond acceptors (Lipinski definition) is 5. The molecule has 4 N–H and O–H groups in total. The molecule has 0 unspecified atom stereocenters. The van der Waals surface area contributed by atoms with E-state index >= 15 is 0 Å². The lowest BCUT2D eigenvalue weighted by molar-refractivity contribution is -0.137. The first-order valence-corrected chi connectivity index (χ1v) is 11.9. The van der Waals surface area contributed by atoms with Crippen LogP contribution in [0.3, 0.4) is 0 Å². The maximum absolute atomic E-state index is 13.9. The van der Waals surface area contributed by atoms with Gasteiger partial charge >= 0.3 is 12.2 Å². The molecule has 40 heavy (non-hydrogen) atoms. The highest BCUT2D eigenvalue weighted by molar-refractivity contribution is 6.00. The summed E-state index contributed by atoms with van der Waals surface area (Å²) in [5.41, 5.74) is 0.656. The number of hydrogen-bond donors (Lipinski definition) is 4. The second-order valence-electron chi connectivity index (χ2n) is 8.52. The van der Waals surface area contributed by atoms with Gasteiger partial charge in [0, 0.05) is 24.0 Å². The van der Waals surface area contributed by atoms with Crippen molar-refractivity contribution >= 4 is 34.3 Å². The van der Waals surface area contributed by atoms with Crippen LogP contribution >= 0.6 is 0 Å². The van der Waals surface area contributed by atoms with E-state index in [1.807, 2.05) is 0 Å². The number of amides is 3. The van der Waals surface area contributed by atoms with Crippen LogP contribution in [0.25, 0.3) is 22.4 Å². The van der Waals surface area contributed by atoms with Crippen molar-refractivity contribution in [2.45, 2.75) is 6.18 Å². The van der Waals surface area contributed by atoms with Gasteiger partial charge in [-0.05, 0) is 66.7 Å². The van der Waals surface area contributed by atoms with E-state index in [4.69, 9.17) is 4.74 Å². The fourth-order valence-corrected chi connectivity index (χ4v) is 3.88. The van der Waals surface area contributed by atoms with Gasteiger partial charge in [0.1, 0.15) is 23.0 Å². The molecule has 0 fully saturated rings. The van der Waals surface area contributed by atoms with Gasteiger partial charge in [-0.25, -0.2) is 14.8 Å². The number of carbonyl (C=O) groups is 2. The molecule has 3 amide bonds. The molecule has 202 valence electrons. The minimum Gasteiger partial charge on any atom is -0.456 e. The highest BCUT2D eigenvalue weighted by Gasteiger charge is 2.35. The number of aromatic amines is 1. The summed E-state index contributed by atoms with van der Waals surface area (Å²) < 4.78 is 47.4. The molecule has 0 saturated heterocycles. The Balaban J connectivity index is 1.25. The fraction of sp³-hybridized carbons (Fsp3) is 0.0714. The zero-order valence-corrected chi connectivity index (χ0v) is 20.8. The van der Waals surface area contributed by atoms with E-state index in [9.17, 15) is 22.8 Å². The number of nitrogens with zero attached hydrogens (tertiary/aromatic N) is 2. The molecule has 0 saturated carbocycles. The first kappa shape index (κ1) is 26.2. The number of halogens is 3. The van der Waals surface area contributed by atoms with E-state index in [-0.39, 0.29) is 28.7 Å². The molecule has 9 nitrogen and oxygen atoms in total. The summed E-state index contributed by atoms with van der Waals surface area (Å²) >= 11 is 0. The number of ether oxygens (including phenoxy) is 1. The fourth-order valence-electron chi connectivity index (χ4n) is 3.88. The van der Waals surface area contributed by atoms with Crippen molar-refractivity contribution in [2.24, 2.45) is 0 Å². The first-order valence-electron chi connectivity index (χ1n) is 11.9. The van der Waals surface area contributed by atoms with Gasteiger partial charge in [-0.1, -0.05) is 12.1 Å². The van der Waals surface area contributed by atoms with Gasteiger partial charge in [0.2, 0.25) is 0 Å². The summed E-state index contributed by atoms with van der Waals surface area (Å²) in [5.74, 6) is 0.594. The predicted octanol–water partition coefficient (Wildman–Crippen LogP) is 6.44. The average Bonchev–Trinajstić information content (AvgIpc) is 3.38. The highest BCUT2D eigenvalue weighted by atomic mass is 19.4. The first-order chi connectivity index (χ1) is 19.2. The number of aromatic nitrogens is 3. The lowest BCUT2D eigenvalue weighted by Gasteiger charge is -2.14. The number of pyridine rings is 1. The molecule has 0 aliphatic rings. The van der Waals surface area contributed by atoms with Crippen molar-refractivity contribution in [3.8, 4) is 22.9 Å². The number of H-pyrrole nitrogens is 1. The summed E-state index contributed by atoms with van der Waals surface area (Å²) in [7, 11) is 1.50. The monoisotopic (exact) mass is 546 g/mol. The molecule has 2 aromatic heterocycles. The molecule has 12 heteroatoms. The number of rotatable bonds is 6. The summed E-state index contributed by atoms with van der Waals surface area (Å²) in [6.07, 6.45) is -3.28. The minimum absolute atomic E-state index is 0.0441. The molecule has 5 aromatic rings. The maximum Gasteiger partial charge on any atom is 0.417 e. The van der Waals surface area contributed by atoms with Crippen molar-refractivity contribution in [1.29, 1.82) is 0 Å². The molecule has 0 atom stereocenters. The van der Waals surface area contributed by atoms with Gasteiger partial charge in [0.05, 0.1) is 22.8 Å². The zero-order chi connectivity index (χ0) is 28.3. The summed E-state index contributed by atoms with van der Waals surface area (Å²) in [6, 6.07) is 19.1. The van der Waals surface area contributed by atoms with Crippen LogP contribution in [-0.4, -0.2) is 33.9 Å². The Morgan fingerprint density at radius 3 is 2.25 bits per heavy atom. The number of nitrogens with one attached hydrogen (secondary N) is 4. The number of urea groups is 1. The molecule has 0 bridgehead atoms. The Morgan fingerprint density at radius 2 is 1.57 bits per heavy atom. The number of alkyl halides is 3. The predicted molar refractivity (Wildman–Crippen MR) is 143 cm³/mol. The van der Waals surface area contributed by atoms with Gasteiger partial charge in [-0.15, -0.1) is 0 Å². The van der Waals surface area contributed by atoms with E-state index in [0.29, 0.717) is 28.2 Å². The molecule has 5 rings (SSSR count). The molecule has 0 radical (unpaired) electrons. The summed E-state index contributed by atoms with van der Waals surface area (Å²) in [5, 5.41) is 7.47. The lowest BCUT2D eigenvalue weighted by Crippen LogP contribution is -2.20. The Hall–Kier alpha value is -5.39. The van der Waals surface area contributed by atoms with E-state index in [0.717, 1.165) is 6.07 Å². The average molecular weight is 547 g/mol. The quantitative estimate of drug-likeness (QED) is 0.195. The van der Waals surface area contributed by atoms with Crippen molar-refractivity contribution in [2.75, 3.05) is 17.7 Å². The number of para-hydroxylation sites is 2. The molecular formula is C28H21F3N6O3. The Bertz CT molecular complexity index is 1650. The van der Waals surface area contributed by atoms with Gasteiger partial charge < -0.3 is 25.7 Å². The molecule has 2 heterocycles. The molecule has 0 aliphatic heterocycles. The third-order valence-corrected chi connectivity index (χ3v) is 5.77. The van der Waals surface area contributed by atoms with Crippen LogP contribution in [0.4, 0.5) is 29.3 Å². The van der Waals surface area contributed by atoms with Crippen LogP contribution in [0, 0.1) is 0 Å². The lowest BCUT2D eigenvalue weighted by atomic mass is 10.1. The normalized spacial score (nSPS) is 11.2. The maximum atomic E-state index is 13.9. The Kier molecular flexibility index (Phi) is 7.06. The summed E-state index contributed by atoms with van der Waals surface area (Å²) in [4.78, 5) is 35.3. The van der Waals surface area contributed by atoms with Crippen LogP contribution in [0.5, 0.6) is 11.5 Å². The van der Waals surface area contributed by atoms with Crippen LogP contribution in [0.2, 0.25) is 0 Å². The SMILES string of the molecule is CNC(=O)c1ccc(Oc2ccc(NC(=O)Nc3ccc(-c4nc5ccccc5[nH]4)c(C(F)(F)F)c3)cc2)cn1. The van der Waals surface area contributed by atoms with Crippen molar-refractivity contribution < 1.29 is 27.5 Å². The van der Waals surface area contributed by atoms with E-state index in [2.05, 4.69) is 30.9 Å². The molecular weight excluding hydrogens is 525 g/mol. The number of anilines is 2. The number of carbonyl (C=O) groups excluding carboxylic acids is 2. The minimum atomic E-state index is -4.68. The number of fused-ring (bicyclic) bond motifs is 1. The van der Waals surface area contributed by atoms with Crippen molar-refractivity contribution in [1.82, 2.24) is 20.3 Å². The zero-order valence-electron chi connectivity index (χ0n) is 20.8. The van der Waals surface area contributed by atoms with Gasteiger partial charge in [0.25, 0.3) is 5.91 Å². The number of benzene rings is 3. The van der Waals surface area contributed by atoms with Crippen LogP contribution in [0.1, 0.15) is 16.1 Å². The van der Waals surface area contributed by atoms with E-state index < -0.39 is 17.8 Å². The standard InChI is InChI=1S/C28H21F3N6O3/c1-32-26(38)24-13-11-19(15-33-24)40-18-9-6-16(7-10-18)34-27(39)35-17-8-12-20(21(14-17)28(29,30)31)25-36-22-4-2-3-5-23(22)37-25/h2-15H,1H3,(H,32,38)(H,36,37)(H2,34,35,39). The van der Waals surface area contributed by atoms with E-state index in [1.165, 1.54) is 31.4 Å². The van der Waals surface area contributed by atoms with Gasteiger partial charge in [-0.3, -0.25) is 4.79 Å². The van der Waals surface area contributed by atoms with E-state index in [1.54, 1.807) is 54.6 Å². The highest BCUT2D eigenvalue weighted by Crippen LogP contribution is 2.38. The topological polar surface area (TPSA) is 121 Å².